The van der Waals surface area contributed by atoms with Crippen molar-refractivity contribution in [3.05, 3.63) is 48.0 Å². The van der Waals surface area contributed by atoms with Gasteiger partial charge in [-0.25, -0.2) is 19.9 Å². The van der Waals surface area contributed by atoms with Crippen molar-refractivity contribution in [3.8, 4) is 0 Å². The van der Waals surface area contributed by atoms with Gasteiger partial charge in [-0.2, -0.15) is 0 Å². The number of carbonyl (C=O) groups excluding carboxylic acids is 1. The minimum atomic E-state index is -0.874. The van der Waals surface area contributed by atoms with Crippen molar-refractivity contribution in [2.75, 3.05) is 392 Å². The molecule has 2 fully saturated rings. The van der Waals surface area contributed by atoms with Crippen LogP contribution < -0.4 is 21.3 Å². The number of carbonyl (C=O) groups is 2. The zero-order chi connectivity index (χ0) is 96.9. The number of nitrogen functional groups attached to an aromatic ring is 2. The summed E-state index contributed by atoms with van der Waals surface area (Å²) >= 11 is 0. The molecule has 2 saturated heterocycles. The number of carboxylic acids is 1. The predicted octanol–water partition coefficient (Wildman–Crippen LogP) is 7.66. The Kier molecular flexibility index (Phi) is 65.3. The highest BCUT2D eigenvalue weighted by Crippen LogP contribution is 2.35. The lowest BCUT2D eigenvalue weighted by molar-refractivity contribution is -0.156. The smallest absolute Gasteiger partial charge is 0.308 e. The average molecular weight is 1950 g/mol. The van der Waals surface area contributed by atoms with E-state index in [9.17, 15) is 9.59 Å². The van der Waals surface area contributed by atoms with Gasteiger partial charge in [0.2, 0.25) is 0 Å². The molecule has 4 aromatic heterocycles. The number of hydrogen-bond donors (Lipinski definition) is 3. The summed E-state index contributed by atoms with van der Waals surface area (Å²) in [6, 6.07) is 13.2. The molecule has 0 saturated carbocycles. The molecule has 0 bridgehead atoms. The highest BCUT2D eigenvalue weighted by Gasteiger charge is 2.25. The van der Waals surface area contributed by atoms with E-state index in [1.165, 1.54) is 11.4 Å². The minimum Gasteiger partial charge on any atom is -0.481 e. The molecular formula is C98H172N14O25. The lowest BCUT2D eigenvalue weighted by atomic mass is 10.1. The molecule has 2 aliphatic heterocycles. The molecule has 8 rings (SSSR count). The van der Waals surface area contributed by atoms with Crippen LogP contribution in [0, 0.1) is 0 Å². The number of ether oxygens (including phenoxy) is 21. The quantitative estimate of drug-likeness (QED) is 0.0243. The second-order valence-corrected chi connectivity index (χ2v) is 34.8. The second-order valence-electron chi connectivity index (χ2n) is 34.8. The normalized spacial score (nSPS) is 13.6. The Labute approximate surface area is 814 Å². The number of esters is 1. The van der Waals surface area contributed by atoms with Crippen LogP contribution in [0.2, 0.25) is 0 Å². The molecule has 0 spiro atoms. The highest BCUT2D eigenvalue weighted by atomic mass is 16.6. The number of aliphatic carboxylic acids is 1. The summed E-state index contributed by atoms with van der Waals surface area (Å²) in [6.07, 6.45) is 11.0. The maximum atomic E-state index is 11.6. The van der Waals surface area contributed by atoms with Crippen molar-refractivity contribution in [1.29, 1.82) is 0 Å². The number of unbranched alkanes of at least 4 members (excludes halogenated alkanes) is 4. The van der Waals surface area contributed by atoms with Crippen molar-refractivity contribution in [3.63, 3.8) is 0 Å². The van der Waals surface area contributed by atoms with Gasteiger partial charge in [0.15, 0.2) is 11.6 Å². The van der Waals surface area contributed by atoms with Gasteiger partial charge in [0.05, 0.1) is 299 Å². The number of piperazine rings is 2. The van der Waals surface area contributed by atoms with Crippen molar-refractivity contribution in [1.82, 2.24) is 48.7 Å². The topological polar surface area (TPSA) is 413 Å². The van der Waals surface area contributed by atoms with E-state index in [1.54, 1.807) is 0 Å². The van der Waals surface area contributed by atoms with Crippen molar-refractivity contribution < 1.29 is 120 Å². The number of pyridine rings is 2. The number of nitrogens with two attached hydrogens (primary N) is 2. The minimum absolute atomic E-state index is 0. The number of hydrogen-bond acceptors (Lipinski definition) is 35. The third-order valence-corrected chi connectivity index (χ3v) is 22.1. The van der Waals surface area contributed by atoms with Crippen LogP contribution in [0.15, 0.2) is 36.4 Å². The maximum Gasteiger partial charge on any atom is 0.308 e. The van der Waals surface area contributed by atoms with Gasteiger partial charge in [0.1, 0.15) is 28.3 Å². The summed E-state index contributed by atoms with van der Waals surface area (Å²) in [5.74, 6) is 2.13. The van der Waals surface area contributed by atoms with E-state index in [2.05, 4.69) is 117 Å². The van der Waals surface area contributed by atoms with Crippen LogP contribution >= 0.6 is 0 Å². The molecule has 39 nitrogen and oxygen atoms in total. The first kappa shape index (κ1) is 119. The third kappa shape index (κ3) is 52.3. The first-order valence-electron chi connectivity index (χ1n) is 49.8. The number of benzene rings is 2. The number of carboxylic acid groups (broad SMARTS) is 1. The maximum absolute atomic E-state index is 11.6. The van der Waals surface area contributed by atoms with E-state index in [1.807, 2.05) is 20.8 Å². The Morgan fingerprint density at radius 2 is 0.613 bits per heavy atom. The number of aromatic nitrogens is 6. The zero-order valence-corrected chi connectivity index (χ0v) is 84.5. The third-order valence-electron chi connectivity index (χ3n) is 22.1. The van der Waals surface area contributed by atoms with Crippen molar-refractivity contribution in [2.45, 2.75) is 130 Å². The molecule has 6 aromatic rings. The van der Waals surface area contributed by atoms with Crippen LogP contribution in [0.5, 0.6) is 0 Å². The zero-order valence-electron chi connectivity index (χ0n) is 84.5. The predicted molar refractivity (Wildman–Crippen MR) is 532 cm³/mol. The summed E-state index contributed by atoms with van der Waals surface area (Å²) in [5, 5.41) is 10.8. The van der Waals surface area contributed by atoms with Crippen LogP contribution in [0.3, 0.4) is 0 Å². The van der Waals surface area contributed by atoms with Crippen LogP contribution in [-0.4, -0.2) is 448 Å². The van der Waals surface area contributed by atoms with Gasteiger partial charge in [0.25, 0.3) is 0 Å². The molecule has 2 aromatic carbocycles. The van der Waals surface area contributed by atoms with Crippen LogP contribution in [0.25, 0.3) is 43.9 Å². The molecule has 0 amide bonds. The number of rotatable bonds is 84. The molecule has 0 atom stereocenters. The molecule has 0 unspecified atom stereocenters. The van der Waals surface area contributed by atoms with Crippen LogP contribution in [0.1, 0.15) is 110 Å². The summed E-state index contributed by atoms with van der Waals surface area (Å²) in [7, 11) is 8.52. The van der Waals surface area contributed by atoms with Crippen molar-refractivity contribution in [2.24, 2.45) is 0 Å². The number of imidazole rings is 2. The fourth-order valence-corrected chi connectivity index (χ4v) is 14.9. The van der Waals surface area contributed by atoms with E-state index in [-0.39, 0.29) is 30.9 Å². The van der Waals surface area contributed by atoms with E-state index in [4.69, 9.17) is 136 Å². The van der Waals surface area contributed by atoms with Gasteiger partial charge in [-0.1, -0.05) is 26.7 Å². The number of nitrogens with zero attached hydrogens (tertiary/aromatic N) is 12. The molecule has 0 aliphatic carbocycles. The Hall–Kier alpha value is -6.66. The van der Waals surface area contributed by atoms with E-state index in [0.717, 1.165) is 211 Å². The van der Waals surface area contributed by atoms with Gasteiger partial charge in [-0.05, 0) is 137 Å². The monoisotopic (exact) mass is 1950 g/mol. The highest BCUT2D eigenvalue weighted by molar-refractivity contribution is 6.09. The summed E-state index contributed by atoms with van der Waals surface area (Å²) < 4.78 is 121. The van der Waals surface area contributed by atoms with Crippen molar-refractivity contribution >= 4 is 78.8 Å². The molecule has 2 aliphatic rings. The van der Waals surface area contributed by atoms with Gasteiger partial charge in [0, 0.05) is 114 Å². The van der Waals surface area contributed by atoms with Crippen LogP contribution in [-0.2, 0) is 135 Å². The Morgan fingerprint density at radius 1 is 0.350 bits per heavy atom. The van der Waals surface area contributed by atoms with Gasteiger partial charge < -0.3 is 150 Å². The Balaban J connectivity index is 0.000000418. The number of fused-ring (bicyclic) bond motifs is 6. The van der Waals surface area contributed by atoms with Crippen LogP contribution in [0.4, 0.5) is 23.0 Å². The second kappa shape index (κ2) is 75.2. The molecular weight excluding hydrogens is 1770 g/mol. The lowest BCUT2D eigenvalue weighted by Crippen LogP contribution is -2.47. The lowest BCUT2D eigenvalue weighted by Gasteiger charge is -2.36. The first-order chi connectivity index (χ1) is 66.4. The standard InChI is InChI=1S/C51H89N7O12.C47H81N7O12.H2O/c1-7-8-11-46-54-48-49(58(46)16-10-9-15-55(5)6)44-42-43(12-13-45(44)53-50(48)52)57-19-17-56(18-20-57)21-23-61-25-27-63-29-31-65-33-35-67-37-39-69-41-40-68-38-36-66-34-32-64-30-28-62-26-24-60-22-14-47(59)70-51(2,3)4;1-4-5-8-43-50-45-46(54(43)13-7-6-12-51(2)3)41-39-40(9-10-42(41)49-47(45)48)53-16-14-52(15-17-53)18-20-58-22-24-60-26-28-62-30-32-64-34-36-66-38-37-65-35-33-63-31-29-61-27-25-59-23-21-57-19-11-44(55)56;/h12-13,42H,7-11,14-41H2,1-6H3,(H2,52,53);9-10,39H,4-8,11-38H2,1-3H3,(H2,48,49)(H,55,56);1H2. The van der Waals surface area contributed by atoms with Gasteiger partial charge in [-0.15, -0.1) is 0 Å². The molecule has 39 heteroatoms. The summed E-state index contributed by atoms with van der Waals surface area (Å²) in [6.45, 7) is 42.9. The average Bonchev–Trinajstić information content (AvgIpc) is 1.60. The van der Waals surface area contributed by atoms with Gasteiger partial charge in [-0.3, -0.25) is 19.4 Å². The SMILES string of the molecule is CCCCc1nc2c(N)nc3ccc(N4CCN(CCOCCOCCOCCOCCOCCOCCOCCOCCOCCOCCC(=O)O)CC4)cc3c2n1CCCCN(C)C.CCCCc1nc2c(N)nc3ccc(N4CCN(CCOCCOCCOCCOCCOCCOCCOCCOCCOCCOCCC(=O)OC(C)(C)C)CC4)cc3c2n1CCCCN(C)C.O. The summed E-state index contributed by atoms with van der Waals surface area (Å²) in [5.41, 5.74) is 20.8. The Bertz CT molecular complexity index is 4040. The molecule has 784 valence electrons. The van der Waals surface area contributed by atoms with E-state index in [0.29, 0.717) is 269 Å². The Morgan fingerprint density at radius 3 is 0.869 bits per heavy atom. The molecule has 137 heavy (non-hydrogen) atoms. The fourth-order valence-electron chi connectivity index (χ4n) is 14.9. The van der Waals surface area contributed by atoms with Gasteiger partial charge >= 0.3 is 11.9 Å². The number of aryl methyl sites for hydroxylation is 4. The molecule has 6 heterocycles. The molecule has 0 radical (unpaired) electrons. The summed E-state index contributed by atoms with van der Waals surface area (Å²) in [4.78, 5) is 56.1. The molecule has 7 N–H and O–H groups in total. The number of anilines is 4. The fraction of sp³-hybridized carbons (Fsp3) is 0.776. The largest absolute Gasteiger partial charge is 0.481 e. The van der Waals surface area contributed by atoms with E-state index < -0.39 is 11.6 Å². The first-order valence-corrected chi connectivity index (χ1v) is 49.8. The van der Waals surface area contributed by atoms with E-state index >= 15 is 0 Å².